The first kappa shape index (κ1) is 36.0. The topological polar surface area (TPSA) is 145 Å². The largest absolute Gasteiger partial charge is 0.469 e. The molecule has 0 spiro atoms. The molecule has 0 aliphatic carbocycles. The lowest BCUT2D eigenvalue weighted by molar-refractivity contribution is -0.235. The molecule has 52 heavy (non-hydrogen) atoms. The average Bonchev–Trinajstić information content (AvgIpc) is 3.89. The Kier molecular flexibility index (Phi) is 9.57. The van der Waals surface area contributed by atoms with Gasteiger partial charge in [-0.15, -0.1) is 0 Å². The minimum atomic E-state index is -1.66. The normalized spacial score (nSPS) is 26.8. The van der Waals surface area contributed by atoms with E-state index in [1.807, 2.05) is 74.6 Å². The van der Waals surface area contributed by atoms with Crippen LogP contribution in [0.1, 0.15) is 56.5 Å². The van der Waals surface area contributed by atoms with Crippen LogP contribution in [0, 0.1) is 0 Å². The van der Waals surface area contributed by atoms with Gasteiger partial charge >= 0.3 is 5.97 Å². The molecule has 0 bridgehead atoms. The molecule has 1 aromatic heterocycles. The Labute approximate surface area is 303 Å². The number of aromatic nitrogens is 2. The fourth-order valence-electron chi connectivity index (χ4n) is 7.76. The van der Waals surface area contributed by atoms with E-state index in [0.29, 0.717) is 5.69 Å². The second kappa shape index (κ2) is 13.8. The number of nitrogens with zero attached hydrogens (tertiary/aromatic N) is 2. The van der Waals surface area contributed by atoms with Crippen molar-refractivity contribution in [2.24, 2.45) is 5.73 Å². The van der Waals surface area contributed by atoms with Crippen LogP contribution in [0.25, 0.3) is 0 Å². The maximum absolute atomic E-state index is 14.1. The Morgan fingerprint density at radius 3 is 1.96 bits per heavy atom. The highest BCUT2D eigenvalue weighted by atomic mass is 16.8. The maximum Gasteiger partial charge on any atom is 0.310 e. The summed E-state index contributed by atoms with van der Waals surface area (Å²) in [5.74, 6) is -3.05. The van der Waals surface area contributed by atoms with Gasteiger partial charge in [0.1, 0.15) is 30.0 Å². The summed E-state index contributed by atoms with van der Waals surface area (Å²) in [6.45, 7) is 7.38. The minimum absolute atomic E-state index is 0.0930. The van der Waals surface area contributed by atoms with E-state index >= 15 is 0 Å². The Morgan fingerprint density at radius 1 is 0.865 bits per heavy atom. The smallest absolute Gasteiger partial charge is 0.310 e. The van der Waals surface area contributed by atoms with Crippen molar-refractivity contribution in [3.63, 3.8) is 0 Å². The second-order valence-corrected chi connectivity index (χ2v) is 14.5. The molecule has 274 valence electrons. The monoisotopic (exact) mass is 710 g/mol. The summed E-state index contributed by atoms with van der Waals surface area (Å²) < 4.78 is 38.3. The number of carbonyl (C=O) groups is 2. The van der Waals surface area contributed by atoms with Gasteiger partial charge in [-0.05, 0) is 44.4 Å². The third kappa shape index (κ3) is 6.66. The number of nitrogens with one attached hydrogen (secondary N) is 1. The average molecular weight is 711 g/mol. The van der Waals surface area contributed by atoms with Gasteiger partial charge < -0.3 is 44.0 Å². The fraction of sp³-hybridized carbons (Fsp3) is 0.425. The van der Waals surface area contributed by atoms with Gasteiger partial charge in [0.15, 0.2) is 17.3 Å². The van der Waals surface area contributed by atoms with Crippen LogP contribution < -0.4 is 11.1 Å². The number of rotatable bonds is 11. The van der Waals surface area contributed by atoms with E-state index < -0.39 is 65.2 Å². The Hall–Kier alpha value is -4.43. The Morgan fingerprint density at radius 2 is 1.44 bits per heavy atom. The lowest BCUT2D eigenvalue weighted by Gasteiger charge is -2.37. The summed E-state index contributed by atoms with van der Waals surface area (Å²) in [4.78, 5) is 31.7. The number of hydrogen-bond donors (Lipinski definition) is 2. The van der Waals surface area contributed by atoms with Gasteiger partial charge in [-0.2, -0.15) is 0 Å². The van der Waals surface area contributed by atoms with Gasteiger partial charge in [0.05, 0.1) is 38.2 Å². The molecule has 0 radical (unpaired) electrons. The summed E-state index contributed by atoms with van der Waals surface area (Å²) in [5.41, 5.74) is 7.90. The summed E-state index contributed by atoms with van der Waals surface area (Å²) in [6.07, 6.45) is 0.610. The number of carbonyl (C=O) groups excluding carboxylic acids is 2. The predicted molar refractivity (Wildman–Crippen MR) is 190 cm³/mol. The van der Waals surface area contributed by atoms with Gasteiger partial charge in [-0.25, -0.2) is 4.98 Å². The number of methoxy groups -OCH3 is 1. The summed E-state index contributed by atoms with van der Waals surface area (Å²) >= 11 is 0. The van der Waals surface area contributed by atoms with Crippen molar-refractivity contribution in [3.05, 3.63) is 126 Å². The molecule has 12 nitrogen and oxygen atoms in total. The number of imidazole rings is 1. The van der Waals surface area contributed by atoms with Crippen molar-refractivity contribution < 1.29 is 38.0 Å². The van der Waals surface area contributed by atoms with Crippen LogP contribution in [0.5, 0.6) is 0 Å². The first-order valence-corrected chi connectivity index (χ1v) is 17.6. The van der Waals surface area contributed by atoms with Crippen molar-refractivity contribution in [3.8, 4) is 0 Å². The quantitative estimate of drug-likeness (QED) is 0.173. The van der Waals surface area contributed by atoms with Crippen molar-refractivity contribution >= 4 is 11.9 Å². The number of benzene rings is 3. The van der Waals surface area contributed by atoms with Gasteiger partial charge in [0, 0.05) is 12.6 Å². The van der Waals surface area contributed by atoms with Crippen molar-refractivity contribution in [1.82, 2.24) is 14.9 Å². The van der Waals surface area contributed by atoms with E-state index in [2.05, 4.69) is 46.3 Å². The zero-order chi connectivity index (χ0) is 36.7. The summed E-state index contributed by atoms with van der Waals surface area (Å²) in [5, 5.41) is 2.95. The molecular formula is C40H46N4O8. The van der Waals surface area contributed by atoms with Gasteiger partial charge in [0.25, 0.3) is 0 Å². The van der Waals surface area contributed by atoms with Crippen molar-refractivity contribution in [2.75, 3.05) is 13.7 Å². The fourth-order valence-corrected chi connectivity index (χ4v) is 7.76. The van der Waals surface area contributed by atoms with E-state index in [0.717, 1.165) is 16.7 Å². The van der Waals surface area contributed by atoms with Crippen LogP contribution >= 0.6 is 0 Å². The molecule has 3 aliphatic heterocycles. The van der Waals surface area contributed by atoms with E-state index in [9.17, 15) is 9.59 Å². The van der Waals surface area contributed by atoms with E-state index in [1.165, 1.54) is 7.11 Å². The molecule has 4 heterocycles. The molecule has 3 aliphatic rings. The number of esters is 1. The lowest BCUT2D eigenvalue weighted by atomic mass is 9.77. The van der Waals surface area contributed by atoms with Gasteiger partial charge in [-0.1, -0.05) is 91.0 Å². The second-order valence-electron chi connectivity index (χ2n) is 14.5. The molecule has 3 aromatic carbocycles. The van der Waals surface area contributed by atoms with Crippen LogP contribution in [0.2, 0.25) is 0 Å². The number of ether oxygens (including phenoxy) is 6. The number of amides is 1. The first-order chi connectivity index (χ1) is 24.9. The molecular weight excluding hydrogens is 664 g/mol. The van der Waals surface area contributed by atoms with Crippen LogP contribution in [0.4, 0.5) is 0 Å². The van der Waals surface area contributed by atoms with Crippen LogP contribution in [-0.2, 0) is 50.0 Å². The molecule has 7 rings (SSSR count). The Balaban J connectivity index is 1.19. The molecule has 3 saturated heterocycles. The third-order valence-corrected chi connectivity index (χ3v) is 9.99. The van der Waals surface area contributed by atoms with Crippen molar-refractivity contribution in [2.45, 2.75) is 93.8 Å². The SMILES string of the molecule is COC(=O)C[C@@]1(NC(=O)[C@@H](N)Cc2cn(C(c3ccccc3)(c3ccccc3)c3ccccc3)cn2)O[C@@H]([C@@H]2COC(C)(C)O2)[C@H]2OC(C)(C)O[C@H]21. The standard InChI is InChI=1S/C40H46N4O8/c1-37(2)48-24-31(49-37)33-34-35(52-38(3,4)50-34)39(51-33,22-32(45)47-5)43-36(46)30(41)21-29-23-44(25-42-29)40(26-15-9-6-10-16-26,27-17-11-7-12-18-27)28-19-13-8-14-20-28/h6-20,23,25,30-31,33-35H,21-22,24,41H2,1-5H3,(H,43,46)/t30-,31-,33-,34+,35+,39+/m0/s1. The molecule has 0 saturated carbocycles. The highest BCUT2D eigenvalue weighted by molar-refractivity contribution is 5.83. The number of nitrogens with two attached hydrogens (primary N) is 1. The van der Waals surface area contributed by atoms with E-state index in [1.54, 1.807) is 20.2 Å². The van der Waals surface area contributed by atoms with Gasteiger partial charge in [0.2, 0.25) is 5.91 Å². The number of fused-ring (bicyclic) bond motifs is 1. The molecule has 0 unspecified atom stereocenters. The maximum atomic E-state index is 14.1. The predicted octanol–water partition coefficient (Wildman–Crippen LogP) is 4.04. The molecule has 4 aromatic rings. The molecule has 3 fully saturated rings. The summed E-state index contributed by atoms with van der Waals surface area (Å²) in [7, 11) is 1.27. The molecule has 12 heteroatoms. The van der Waals surface area contributed by atoms with E-state index in [-0.39, 0.29) is 19.4 Å². The van der Waals surface area contributed by atoms with Crippen molar-refractivity contribution in [1.29, 1.82) is 0 Å². The first-order valence-electron chi connectivity index (χ1n) is 17.6. The van der Waals surface area contributed by atoms with Crippen LogP contribution in [0.3, 0.4) is 0 Å². The van der Waals surface area contributed by atoms with Gasteiger partial charge in [-0.3, -0.25) is 9.59 Å². The molecule has 6 atom stereocenters. The zero-order valence-corrected chi connectivity index (χ0v) is 30.1. The highest BCUT2D eigenvalue weighted by Gasteiger charge is 2.66. The Bertz CT molecular complexity index is 1770. The summed E-state index contributed by atoms with van der Waals surface area (Å²) in [6, 6.07) is 29.6. The number of hydrogen-bond acceptors (Lipinski definition) is 10. The van der Waals surface area contributed by atoms with E-state index in [4.69, 9.17) is 39.1 Å². The lowest BCUT2D eigenvalue weighted by Crippen LogP contribution is -2.61. The third-order valence-electron chi connectivity index (χ3n) is 9.99. The molecule has 3 N–H and O–H groups in total. The zero-order valence-electron chi connectivity index (χ0n) is 30.1. The molecule has 1 amide bonds. The van der Waals surface area contributed by atoms with Crippen LogP contribution in [0.15, 0.2) is 104 Å². The minimum Gasteiger partial charge on any atom is -0.469 e. The highest BCUT2D eigenvalue weighted by Crippen LogP contribution is 2.47. The van der Waals surface area contributed by atoms with Crippen LogP contribution in [-0.4, -0.2) is 82.9 Å².